The topological polar surface area (TPSA) is 62.6 Å². The third-order valence-corrected chi connectivity index (χ3v) is 6.98. The van der Waals surface area contributed by atoms with Crippen LogP contribution in [-0.2, 0) is 6.54 Å². The van der Waals surface area contributed by atoms with E-state index >= 15 is 0 Å². The molecule has 190 valence electrons. The molecule has 0 aliphatic carbocycles. The quantitative estimate of drug-likeness (QED) is 0.365. The van der Waals surface area contributed by atoms with Gasteiger partial charge in [0, 0.05) is 67.0 Å². The normalized spacial score (nSPS) is 14.0. The number of hydrogen-bond donors (Lipinski definition) is 1. The Morgan fingerprint density at radius 3 is 2.41 bits per heavy atom. The van der Waals surface area contributed by atoms with E-state index in [1.54, 1.807) is 31.6 Å². The predicted molar refractivity (Wildman–Crippen MR) is 148 cm³/mol. The molecule has 2 aromatic heterocycles. The highest BCUT2D eigenvalue weighted by molar-refractivity contribution is 6.30. The molecular weight excluding hydrogens is 486 g/mol. The van der Waals surface area contributed by atoms with E-state index in [-0.39, 0.29) is 5.91 Å². The lowest BCUT2D eigenvalue weighted by Gasteiger charge is -2.36. The molecule has 1 N–H and O–H groups in total. The van der Waals surface area contributed by atoms with Gasteiger partial charge in [0.15, 0.2) is 0 Å². The van der Waals surface area contributed by atoms with Gasteiger partial charge in [0.2, 0.25) is 0 Å². The molecule has 2 aromatic carbocycles. The van der Waals surface area contributed by atoms with Crippen molar-refractivity contribution in [2.24, 2.45) is 0 Å². The van der Waals surface area contributed by atoms with E-state index in [1.807, 2.05) is 54.1 Å². The Bertz CT molecular complexity index is 1360. The van der Waals surface area contributed by atoms with Gasteiger partial charge in [-0.15, -0.1) is 0 Å². The highest BCUT2D eigenvalue weighted by atomic mass is 35.5. The van der Waals surface area contributed by atoms with E-state index in [4.69, 9.17) is 16.3 Å². The summed E-state index contributed by atoms with van der Waals surface area (Å²) < 4.78 is 7.45. The van der Waals surface area contributed by atoms with Crippen molar-refractivity contribution in [1.82, 2.24) is 14.6 Å². The zero-order valence-electron chi connectivity index (χ0n) is 21.0. The van der Waals surface area contributed by atoms with Crippen molar-refractivity contribution in [3.05, 3.63) is 101 Å². The van der Waals surface area contributed by atoms with Crippen LogP contribution in [0.2, 0.25) is 5.02 Å². The number of hydrogen-bond acceptors (Lipinski definition) is 5. The van der Waals surface area contributed by atoms with Crippen molar-refractivity contribution < 1.29 is 9.53 Å². The fraction of sp³-hybridized carbons (Fsp3) is 0.241. The first-order valence-electron chi connectivity index (χ1n) is 12.3. The van der Waals surface area contributed by atoms with Crippen molar-refractivity contribution in [2.75, 3.05) is 43.6 Å². The number of rotatable bonds is 7. The van der Waals surface area contributed by atoms with Crippen LogP contribution in [0.1, 0.15) is 21.6 Å². The molecule has 0 radical (unpaired) electrons. The Balaban J connectivity index is 1.39. The molecule has 1 aliphatic rings. The summed E-state index contributed by atoms with van der Waals surface area (Å²) in [6, 6.07) is 21.5. The number of aryl methyl sites for hydroxylation is 1. The van der Waals surface area contributed by atoms with Crippen molar-refractivity contribution in [2.45, 2.75) is 13.5 Å². The number of aromatic nitrogens is 2. The summed E-state index contributed by atoms with van der Waals surface area (Å²) >= 11 is 6.19. The number of halogens is 1. The van der Waals surface area contributed by atoms with Gasteiger partial charge in [0.25, 0.3) is 5.91 Å². The summed E-state index contributed by atoms with van der Waals surface area (Å²) in [7, 11) is 1.72. The Kier molecular flexibility index (Phi) is 7.44. The van der Waals surface area contributed by atoms with Gasteiger partial charge in [-0.3, -0.25) is 24.8 Å². The SMILES string of the molecule is COc1ccccc1N1CCN(Cc2cc(C)n(NC(=O)c3ccncc3)c2-c2ccc(Cl)cc2)CC1. The van der Waals surface area contributed by atoms with Gasteiger partial charge in [0.05, 0.1) is 18.5 Å². The molecular formula is C29H30ClN5O2. The first-order valence-corrected chi connectivity index (χ1v) is 12.7. The maximum absolute atomic E-state index is 13.0. The average Bonchev–Trinajstić information content (AvgIpc) is 3.24. The first kappa shape index (κ1) is 24.9. The monoisotopic (exact) mass is 515 g/mol. The fourth-order valence-electron chi connectivity index (χ4n) is 4.84. The third kappa shape index (κ3) is 5.48. The molecule has 0 atom stereocenters. The molecule has 0 spiro atoms. The first-order chi connectivity index (χ1) is 18.0. The smallest absolute Gasteiger partial charge is 0.270 e. The zero-order valence-corrected chi connectivity index (χ0v) is 21.8. The van der Waals surface area contributed by atoms with E-state index in [2.05, 4.69) is 32.3 Å². The lowest BCUT2D eigenvalue weighted by Crippen LogP contribution is -2.46. The Labute approximate surface area is 222 Å². The molecule has 0 bridgehead atoms. The predicted octanol–water partition coefficient (Wildman–Crippen LogP) is 5.23. The van der Waals surface area contributed by atoms with Crippen LogP contribution < -0.4 is 15.1 Å². The molecule has 1 fully saturated rings. The molecule has 7 nitrogen and oxygen atoms in total. The van der Waals surface area contributed by atoms with Gasteiger partial charge >= 0.3 is 0 Å². The zero-order chi connectivity index (χ0) is 25.8. The van der Waals surface area contributed by atoms with Crippen LogP contribution in [0.5, 0.6) is 5.75 Å². The number of methoxy groups -OCH3 is 1. The number of para-hydroxylation sites is 2. The van der Waals surface area contributed by atoms with Crippen LogP contribution >= 0.6 is 11.6 Å². The lowest BCUT2D eigenvalue weighted by atomic mass is 10.1. The van der Waals surface area contributed by atoms with Crippen LogP contribution in [0, 0.1) is 6.92 Å². The summed E-state index contributed by atoms with van der Waals surface area (Å²) in [5.41, 5.74) is 8.83. The van der Waals surface area contributed by atoms with E-state index in [0.717, 1.165) is 66.7 Å². The number of piperazine rings is 1. The largest absolute Gasteiger partial charge is 0.495 e. The van der Waals surface area contributed by atoms with Crippen molar-refractivity contribution in [3.63, 3.8) is 0 Å². The van der Waals surface area contributed by atoms with Crippen LogP contribution in [0.4, 0.5) is 5.69 Å². The summed E-state index contributed by atoms with van der Waals surface area (Å²) in [6.07, 6.45) is 3.24. The molecule has 0 unspecified atom stereocenters. The van der Waals surface area contributed by atoms with E-state index in [1.165, 1.54) is 0 Å². The summed E-state index contributed by atoms with van der Waals surface area (Å²) in [4.78, 5) is 21.9. The van der Waals surface area contributed by atoms with Crippen LogP contribution in [-0.4, -0.2) is 53.8 Å². The summed E-state index contributed by atoms with van der Waals surface area (Å²) in [5.74, 6) is 0.715. The van der Waals surface area contributed by atoms with E-state index < -0.39 is 0 Å². The maximum atomic E-state index is 13.0. The Morgan fingerprint density at radius 1 is 1.00 bits per heavy atom. The van der Waals surface area contributed by atoms with Gasteiger partial charge in [0.1, 0.15) is 5.75 Å². The number of benzene rings is 2. The highest BCUT2D eigenvalue weighted by Crippen LogP contribution is 2.31. The number of anilines is 1. The highest BCUT2D eigenvalue weighted by Gasteiger charge is 2.23. The summed E-state index contributed by atoms with van der Waals surface area (Å²) in [5, 5.41) is 0.674. The second-order valence-corrected chi connectivity index (χ2v) is 9.55. The lowest BCUT2D eigenvalue weighted by molar-refractivity contribution is 0.101. The second kappa shape index (κ2) is 11.1. The molecule has 5 rings (SSSR count). The van der Waals surface area contributed by atoms with Crippen LogP contribution in [0.15, 0.2) is 79.1 Å². The van der Waals surface area contributed by atoms with Crippen molar-refractivity contribution in [3.8, 4) is 17.0 Å². The molecule has 0 saturated carbocycles. The molecule has 3 heterocycles. The maximum Gasteiger partial charge on any atom is 0.270 e. The van der Waals surface area contributed by atoms with Gasteiger partial charge in [-0.25, -0.2) is 0 Å². The number of carbonyl (C=O) groups excluding carboxylic acids is 1. The average molecular weight is 516 g/mol. The molecule has 4 aromatic rings. The minimum Gasteiger partial charge on any atom is -0.495 e. The third-order valence-electron chi connectivity index (χ3n) is 6.73. The Morgan fingerprint density at radius 2 is 1.70 bits per heavy atom. The number of nitrogens with one attached hydrogen (secondary N) is 1. The van der Waals surface area contributed by atoms with Crippen molar-refractivity contribution in [1.29, 1.82) is 0 Å². The Hall–Kier alpha value is -3.81. The number of amides is 1. The van der Waals surface area contributed by atoms with E-state index in [9.17, 15) is 4.79 Å². The molecule has 1 amide bonds. The van der Waals surface area contributed by atoms with Crippen LogP contribution in [0.3, 0.4) is 0 Å². The molecule has 37 heavy (non-hydrogen) atoms. The van der Waals surface area contributed by atoms with Crippen LogP contribution in [0.25, 0.3) is 11.3 Å². The fourth-order valence-corrected chi connectivity index (χ4v) is 4.97. The minimum absolute atomic E-state index is 0.187. The standard InChI is InChI=1S/C29H30ClN5O2/c1-21-19-24(20-33-15-17-34(18-16-33)26-5-3-4-6-27(26)37-2)28(22-7-9-25(30)10-8-22)35(21)32-29(36)23-11-13-31-14-12-23/h3-14,19H,15-18,20H2,1-2H3,(H,32,36). The minimum atomic E-state index is -0.187. The van der Waals surface area contributed by atoms with E-state index in [0.29, 0.717) is 10.6 Å². The van der Waals surface area contributed by atoms with Gasteiger partial charge in [-0.1, -0.05) is 35.9 Å². The van der Waals surface area contributed by atoms with Gasteiger partial charge in [-0.05, 0) is 55.0 Å². The number of nitrogens with zero attached hydrogens (tertiary/aromatic N) is 4. The van der Waals surface area contributed by atoms with Crippen molar-refractivity contribution >= 4 is 23.2 Å². The number of carbonyl (C=O) groups is 1. The van der Waals surface area contributed by atoms with Gasteiger partial charge < -0.3 is 9.64 Å². The van der Waals surface area contributed by atoms with Gasteiger partial charge in [-0.2, -0.15) is 0 Å². The molecule has 1 saturated heterocycles. The second-order valence-electron chi connectivity index (χ2n) is 9.11. The summed E-state index contributed by atoms with van der Waals surface area (Å²) in [6.45, 7) is 6.45. The number of pyridine rings is 1. The molecule has 1 aliphatic heterocycles. The molecule has 8 heteroatoms. The number of ether oxygens (including phenoxy) is 1.